The summed E-state index contributed by atoms with van der Waals surface area (Å²) in [5.41, 5.74) is 4.71. The molecule has 2 aliphatic heterocycles. The fourth-order valence-corrected chi connectivity index (χ4v) is 7.26. The van der Waals surface area contributed by atoms with Crippen LogP contribution in [0.3, 0.4) is 0 Å². The van der Waals surface area contributed by atoms with Gasteiger partial charge in [0.15, 0.2) is 5.82 Å². The van der Waals surface area contributed by atoms with Crippen molar-refractivity contribution in [3.63, 3.8) is 0 Å². The molecule has 0 spiro atoms. The van der Waals surface area contributed by atoms with Crippen molar-refractivity contribution in [3.8, 4) is 28.1 Å². The number of nitrogens with zero attached hydrogens (tertiary/aromatic N) is 4. The Morgan fingerprint density at radius 1 is 1.12 bits per heavy atom. The lowest BCUT2D eigenvalue weighted by Crippen LogP contribution is -2.41. The molecule has 51 heavy (non-hydrogen) atoms. The summed E-state index contributed by atoms with van der Waals surface area (Å²) in [6.45, 7) is 6.15. The number of nitrogens with one attached hydrogen (secondary N) is 3. The highest BCUT2D eigenvalue weighted by molar-refractivity contribution is 6.39. The largest absolute Gasteiger partial charge is 0.496 e. The third-order valence-electron chi connectivity index (χ3n) is 9.51. The number of halogens is 2. The number of amides is 2. The average Bonchev–Trinajstić information content (AvgIpc) is 3.67. The zero-order chi connectivity index (χ0) is 36.4. The number of fused-ring (bicyclic) bond motifs is 1. The average molecular weight is 735 g/mol. The minimum atomic E-state index is -0.904. The topological polar surface area (TPSA) is 151 Å². The van der Waals surface area contributed by atoms with Crippen LogP contribution in [0.15, 0.2) is 48.7 Å². The van der Waals surface area contributed by atoms with Crippen molar-refractivity contribution in [2.75, 3.05) is 32.1 Å². The maximum atomic E-state index is 13.6. The van der Waals surface area contributed by atoms with E-state index < -0.39 is 17.3 Å². The van der Waals surface area contributed by atoms with Gasteiger partial charge in [0.2, 0.25) is 5.91 Å². The number of hydrogen-bond donors (Lipinski definition) is 4. The zero-order valence-corrected chi connectivity index (χ0v) is 30.5. The first-order chi connectivity index (χ1) is 24.4. The monoisotopic (exact) mass is 733 g/mol. The van der Waals surface area contributed by atoms with Gasteiger partial charge >= 0.3 is 5.97 Å². The SMILES string of the molecule is COc1cc(-c2nccc(-c3cccc(NC(=O)c4nc5c(n4C)CCN(CC(C)(C)C(=O)O)C5)c3Cl)c2Cl)ccc1CNC[C@H]1CCC(=O)N1. The minimum absolute atomic E-state index is 0.0882. The number of rotatable bonds is 12. The molecular formula is C37H41Cl2N7O5. The lowest BCUT2D eigenvalue weighted by atomic mass is 9.92. The number of carboxylic acid groups (broad SMARTS) is 1. The summed E-state index contributed by atoms with van der Waals surface area (Å²) in [6.07, 6.45) is 3.69. The number of aliphatic carboxylic acids is 1. The van der Waals surface area contributed by atoms with E-state index in [1.807, 2.05) is 31.3 Å². The van der Waals surface area contributed by atoms with Gasteiger partial charge in [-0.1, -0.05) is 47.5 Å². The molecule has 4 aromatic rings. The molecular weight excluding hydrogens is 693 g/mol. The molecule has 1 fully saturated rings. The van der Waals surface area contributed by atoms with Gasteiger partial charge in [-0.15, -0.1) is 0 Å². The first kappa shape index (κ1) is 36.3. The number of ether oxygens (including phenoxy) is 1. The van der Waals surface area contributed by atoms with Crippen molar-refractivity contribution < 1.29 is 24.2 Å². The summed E-state index contributed by atoms with van der Waals surface area (Å²) in [5.74, 6) is -0.272. The van der Waals surface area contributed by atoms with Gasteiger partial charge in [-0.3, -0.25) is 24.3 Å². The van der Waals surface area contributed by atoms with Gasteiger partial charge in [0, 0.05) is 92.8 Å². The third-order valence-corrected chi connectivity index (χ3v) is 10.3. The maximum absolute atomic E-state index is 13.6. The van der Waals surface area contributed by atoms with E-state index in [9.17, 15) is 19.5 Å². The van der Waals surface area contributed by atoms with Gasteiger partial charge in [0.1, 0.15) is 5.75 Å². The quantitative estimate of drug-likeness (QED) is 0.147. The number of methoxy groups -OCH3 is 1. The number of carboxylic acids is 1. The van der Waals surface area contributed by atoms with Crippen LogP contribution in [-0.4, -0.2) is 75.1 Å². The summed E-state index contributed by atoms with van der Waals surface area (Å²) < 4.78 is 7.50. The second kappa shape index (κ2) is 15.0. The van der Waals surface area contributed by atoms with Crippen molar-refractivity contribution in [3.05, 3.63) is 81.5 Å². The van der Waals surface area contributed by atoms with Crippen molar-refractivity contribution in [2.24, 2.45) is 12.5 Å². The molecule has 4 heterocycles. The predicted octanol–water partition coefficient (Wildman–Crippen LogP) is 5.55. The van der Waals surface area contributed by atoms with Crippen LogP contribution >= 0.6 is 23.2 Å². The Kier molecular flexibility index (Phi) is 10.7. The molecule has 0 radical (unpaired) electrons. The number of imidazole rings is 1. The zero-order valence-electron chi connectivity index (χ0n) is 29.0. The molecule has 0 saturated carbocycles. The molecule has 0 aliphatic carbocycles. The lowest BCUT2D eigenvalue weighted by Gasteiger charge is -2.32. The Hall–Kier alpha value is -4.49. The van der Waals surface area contributed by atoms with Gasteiger partial charge in [0.05, 0.1) is 39.6 Å². The Bertz CT molecular complexity index is 2000. The second-order valence-electron chi connectivity index (χ2n) is 13.6. The number of anilines is 1. The van der Waals surface area contributed by atoms with E-state index in [4.69, 9.17) is 27.9 Å². The molecule has 268 valence electrons. The summed E-state index contributed by atoms with van der Waals surface area (Å²) in [7, 11) is 3.42. The lowest BCUT2D eigenvalue weighted by molar-refractivity contribution is -0.148. The molecule has 2 aliphatic rings. The van der Waals surface area contributed by atoms with Crippen LogP contribution in [0.4, 0.5) is 5.69 Å². The van der Waals surface area contributed by atoms with E-state index in [1.165, 1.54) is 0 Å². The molecule has 6 rings (SSSR count). The van der Waals surface area contributed by atoms with Gasteiger partial charge in [-0.2, -0.15) is 0 Å². The van der Waals surface area contributed by atoms with E-state index in [1.54, 1.807) is 49.9 Å². The van der Waals surface area contributed by atoms with E-state index >= 15 is 0 Å². The number of aromatic nitrogens is 3. The Morgan fingerprint density at radius 3 is 2.63 bits per heavy atom. The first-order valence-corrected chi connectivity index (χ1v) is 17.5. The maximum Gasteiger partial charge on any atom is 0.310 e. The third kappa shape index (κ3) is 7.74. The molecule has 2 amide bonds. The highest BCUT2D eigenvalue weighted by Gasteiger charge is 2.33. The normalized spacial score (nSPS) is 16.1. The van der Waals surface area contributed by atoms with Gasteiger partial charge in [0.25, 0.3) is 5.91 Å². The van der Waals surface area contributed by atoms with Gasteiger partial charge < -0.3 is 30.4 Å². The van der Waals surface area contributed by atoms with Gasteiger partial charge in [-0.25, -0.2) is 4.98 Å². The van der Waals surface area contributed by atoms with Crippen LogP contribution in [0.1, 0.15) is 54.3 Å². The van der Waals surface area contributed by atoms with Crippen LogP contribution in [-0.2, 0) is 36.1 Å². The number of pyridine rings is 1. The van der Waals surface area contributed by atoms with E-state index in [2.05, 4.69) is 30.8 Å². The van der Waals surface area contributed by atoms with Crippen molar-refractivity contribution >= 4 is 46.7 Å². The summed E-state index contributed by atoms with van der Waals surface area (Å²) in [5, 5.41) is 19.6. The molecule has 0 unspecified atom stereocenters. The molecule has 12 nitrogen and oxygen atoms in total. The van der Waals surface area contributed by atoms with Gasteiger partial charge in [-0.05, 0) is 38.5 Å². The van der Waals surface area contributed by atoms with Crippen LogP contribution in [0.2, 0.25) is 10.0 Å². The fraction of sp³-hybridized carbons (Fsp3) is 0.378. The smallest absolute Gasteiger partial charge is 0.310 e. The summed E-state index contributed by atoms with van der Waals surface area (Å²) >= 11 is 13.9. The Labute approximate surface area is 306 Å². The van der Waals surface area contributed by atoms with Crippen LogP contribution in [0.25, 0.3) is 22.4 Å². The highest BCUT2D eigenvalue weighted by Crippen LogP contribution is 2.41. The Morgan fingerprint density at radius 2 is 1.90 bits per heavy atom. The molecule has 14 heteroatoms. The molecule has 0 bridgehead atoms. The van der Waals surface area contributed by atoms with Crippen LogP contribution in [0, 0.1) is 5.41 Å². The van der Waals surface area contributed by atoms with Crippen molar-refractivity contribution in [1.29, 1.82) is 0 Å². The minimum Gasteiger partial charge on any atom is -0.496 e. The molecule has 2 aromatic heterocycles. The van der Waals surface area contributed by atoms with E-state index in [-0.39, 0.29) is 17.8 Å². The number of carbonyl (C=O) groups excluding carboxylic acids is 2. The number of carbonyl (C=O) groups is 3. The molecule has 1 atom stereocenters. The number of hydrogen-bond acceptors (Lipinski definition) is 8. The molecule has 4 N–H and O–H groups in total. The second-order valence-corrected chi connectivity index (χ2v) is 14.4. The van der Waals surface area contributed by atoms with Crippen molar-refractivity contribution in [2.45, 2.75) is 52.2 Å². The van der Waals surface area contributed by atoms with Crippen LogP contribution in [0.5, 0.6) is 5.75 Å². The first-order valence-electron chi connectivity index (χ1n) is 16.8. The van der Waals surface area contributed by atoms with E-state index in [0.29, 0.717) is 83.9 Å². The predicted molar refractivity (Wildman–Crippen MR) is 196 cm³/mol. The molecule has 2 aromatic carbocycles. The summed E-state index contributed by atoms with van der Waals surface area (Å²) in [4.78, 5) is 48.1. The summed E-state index contributed by atoms with van der Waals surface area (Å²) in [6, 6.07) is 13.0. The Balaban J connectivity index is 1.19. The van der Waals surface area contributed by atoms with Crippen LogP contribution < -0.4 is 20.7 Å². The van der Waals surface area contributed by atoms with E-state index in [0.717, 1.165) is 28.9 Å². The molecule has 1 saturated heterocycles. The fourth-order valence-electron chi connectivity index (χ4n) is 6.66. The number of benzene rings is 2. The van der Waals surface area contributed by atoms with Crippen molar-refractivity contribution in [1.82, 2.24) is 30.1 Å². The highest BCUT2D eigenvalue weighted by atomic mass is 35.5. The standard InChI is InChI=1S/C37H41Cl2N7O5/c1-37(2,36(49)50)20-46-15-13-28-27(19-46)43-34(45(28)3)35(48)44-26-7-5-6-24(31(26)38)25-12-14-41-33(32(25)39)21-8-9-22(29(16-21)51-4)17-40-18-23-10-11-30(47)42-23/h5-9,12,14,16,23,40H,10-11,13,15,17-20H2,1-4H3,(H,42,47)(H,44,48)(H,49,50)/t23-/m1/s1.